The molecule has 3 heterocycles. The van der Waals surface area contributed by atoms with Crippen molar-refractivity contribution in [2.24, 2.45) is 0 Å². The predicted molar refractivity (Wildman–Crippen MR) is 141 cm³/mol. The minimum absolute atomic E-state index is 0.0257. The Hall–Kier alpha value is -4.26. The van der Waals surface area contributed by atoms with Crippen molar-refractivity contribution in [1.29, 1.82) is 0 Å². The number of amides is 2. The Balaban J connectivity index is 1.46. The lowest BCUT2D eigenvalue weighted by molar-refractivity contribution is -0.159. The van der Waals surface area contributed by atoms with Crippen molar-refractivity contribution in [2.75, 3.05) is 20.3 Å². The molecule has 2 aliphatic heterocycles. The van der Waals surface area contributed by atoms with E-state index in [-0.39, 0.29) is 18.4 Å². The van der Waals surface area contributed by atoms with E-state index >= 15 is 0 Å². The van der Waals surface area contributed by atoms with Crippen molar-refractivity contribution in [3.05, 3.63) is 95.2 Å². The number of aromatic amines is 1. The number of methoxy groups -OCH3 is 1. The van der Waals surface area contributed by atoms with Gasteiger partial charge in [0.15, 0.2) is 11.5 Å². The molecule has 1 N–H and O–H groups in total. The van der Waals surface area contributed by atoms with Crippen LogP contribution >= 0.6 is 0 Å². The number of ether oxygens (including phenoxy) is 2. The predicted octanol–water partition coefficient (Wildman–Crippen LogP) is 4.46. The highest BCUT2D eigenvalue weighted by Gasteiger charge is 2.48. The minimum atomic E-state index is -0.584. The molecular formula is C30H29N3O4. The van der Waals surface area contributed by atoms with Gasteiger partial charge < -0.3 is 24.3 Å². The molecule has 2 atom stereocenters. The number of carbonyl (C=O) groups excluding carboxylic acids is 2. The Morgan fingerprint density at radius 2 is 1.76 bits per heavy atom. The first kappa shape index (κ1) is 23.2. The smallest absolute Gasteiger partial charge is 0.246 e. The second-order valence-corrected chi connectivity index (χ2v) is 9.51. The van der Waals surface area contributed by atoms with Gasteiger partial charge in [0, 0.05) is 29.6 Å². The molecule has 6 rings (SSSR count). The summed E-state index contributed by atoms with van der Waals surface area (Å²) in [4.78, 5) is 34.7. The molecule has 1 aromatic heterocycles. The van der Waals surface area contributed by atoms with Gasteiger partial charge in [0.05, 0.1) is 19.8 Å². The van der Waals surface area contributed by atoms with Gasteiger partial charge in [-0.2, -0.15) is 0 Å². The van der Waals surface area contributed by atoms with Gasteiger partial charge in [0.2, 0.25) is 11.8 Å². The maximum absolute atomic E-state index is 13.9. The van der Waals surface area contributed by atoms with Crippen LogP contribution in [0.25, 0.3) is 10.9 Å². The lowest BCUT2D eigenvalue weighted by Crippen LogP contribution is -2.62. The summed E-state index contributed by atoms with van der Waals surface area (Å²) >= 11 is 0. The van der Waals surface area contributed by atoms with Crippen molar-refractivity contribution in [3.8, 4) is 11.5 Å². The molecule has 4 aromatic rings. The summed E-state index contributed by atoms with van der Waals surface area (Å²) in [6, 6.07) is 22.7. The fourth-order valence-electron chi connectivity index (χ4n) is 5.74. The normalized spacial score (nSPS) is 19.1. The molecule has 0 unspecified atom stereocenters. The van der Waals surface area contributed by atoms with E-state index in [0.29, 0.717) is 31.1 Å². The molecule has 37 heavy (non-hydrogen) atoms. The van der Waals surface area contributed by atoms with Gasteiger partial charge in [0.1, 0.15) is 12.6 Å². The molecule has 0 bridgehead atoms. The van der Waals surface area contributed by atoms with Gasteiger partial charge in [-0.3, -0.25) is 9.59 Å². The Labute approximate surface area is 215 Å². The van der Waals surface area contributed by atoms with Crippen LogP contribution in [0.15, 0.2) is 72.8 Å². The highest BCUT2D eigenvalue weighted by molar-refractivity contribution is 5.97. The third-order valence-corrected chi connectivity index (χ3v) is 7.36. The van der Waals surface area contributed by atoms with Gasteiger partial charge in [-0.05, 0) is 41.8 Å². The topological polar surface area (TPSA) is 74.9 Å². The quantitative estimate of drug-likeness (QED) is 0.429. The highest BCUT2D eigenvalue weighted by atomic mass is 16.5. The van der Waals surface area contributed by atoms with Crippen LogP contribution in [-0.4, -0.2) is 52.9 Å². The number of H-pyrrole nitrogens is 1. The Kier molecular flexibility index (Phi) is 5.83. The van der Waals surface area contributed by atoms with E-state index in [4.69, 9.17) is 9.47 Å². The summed E-state index contributed by atoms with van der Waals surface area (Å²) in [5, 5.41) is 1.08. The van der Waals surface area contributed by atoms with Crippen molar-refractivity contribution in [2.45, 2.75) is 32.0 Å². The molecule has 2 aliphatic rings. The summed E-state index contributed by atoms with van der Waals surface area (Å²) in [7, 11) is 1.61. The van der Waals surface area contributed by atoms with Gasteiger partial charge in [-0.25, -0.2) is 0 Å². The van der Waals surface area contributed by atoms with E-state index in [0.717, 1.165) is 33.3 Å². The molecule has 7 nitrogen and oxygen atoms in total. The number of carbonyl (C=O) groups is 2. The largest absolute Gasteiger partial charge is 0.493 e. The number of nitrogens with zero attached hydrogens (tertiary/aromatic N) is 2. The summed E-state index contributed by atoms with van der Waals surface area (Å²) in [5.74, 6) is 1.15. The van der Waals surface area contributed by atoms with Crippen LogP contribution in [0.5, 0.6) is 11.5 Å². The zero-order valence-electron chi connectivity index (χ0n) is 20.9. The highest BCUT2D eigenvalue weighted by Crippen LogP contribution is 2.44. The van der Waals surface area contributed by atoms with Gasteiger partial charge in [-0.1, -0.05) is 54.6 Å². The molecule has 0 aliphatic carbocycles. The lowest BCUT2D eigenvalue weighted by Gasteiger charge is -2.47. The molecule has 3 aromatic carbocycles. The molecule has 0 radical (unpaired) electrons. The summed E-state index contributed by atoms with van der Waals surface area (Å²) in [6.07, 6.45) is 0.472. The molecule has 0 saturated carbocycles. The van der Waals surface area contributed by atoms with E-state index in [1.54, 1.807) is 16.9 Å². The number of nitrogens with one attached hydrogen (secondary N) is 1. The van der Waals surface area contributed by atoms with E-state index in [2.05, 4.69) is 11.1 Å². The number of rotatable bonds is 6. The number of hydrogen-bond donors (Lipinski definition) is 1. The van der Waals surface area contributed by atoms with E-state index in [1.165, 1.54) is 0 Å². The summed E-state index contributed by atoms with van der Waals surface area (Å²) < 4.78 is 11.4. The number of piperazine rings is 1. The third kappa shape index (κ3) is 3.91. The third-order valence-electron chi connectivity index (χ3n) is 7.36. The van der Waals surface area contributed by atoms with Gasteiger partial charge in [-0.15, -0.1) is 0 Å². The van der Waals surface area contributed by atoms with E-state index in [1.807, 2.05) is 73.7 Å². The number of fused-ring (bicyclic) bond motifs is 4. The van der Waals surface area contributed by atoms with Crippen LogP contribution in [-0.2, 0) is 22.6 Å². The van der Waals surface area contributed by atoms with Crippen LogP contribution in [0.2, 0.25) is 0 Å². The van der Waals surface area contributed by atoms with Crippen molar-refractivity contribution in [3.63, 3.8) is 0 Å². The average molecular weight is 496 g/mol. The van der Waals surface area contributed by atoms with Crippen LogP contribution in [0.4, 0.5) is 0 Å². The fraction of sp³-hybridized carbons (Fsp3) is 0.267. The first-order valence-electron chi connectivity index (χ1n) is 12.6. The van der Waals surface area contributed by atoms with Crippen molar-refractivity contribution >= 4 is 22.7 Å². The van der Waals surface area contributed by atoms with Crippen LogP contribution in [0, 0.1) is 0 Å². The molecule has 2 amide bonds. The number of aromatic nitrogens is 1. The minimum Gasteiger partial charge on any atom is -0.493 e. The Morgan fingerprint density at radius 1 is 0.973 bits per heavy atom. The molecular weight excluding hydrogens is 466 g/mol. The van der Waals surface area contributed by atoms with E-state index < -0.39 is 12.1 Å². The monoisotopic (exact) mass is 495 g/mol. The van der Waals surface area contributed by atoms with Crippen LogP contribution in [0.1, 0.15) is 35.3 Å². The average Bonchev–Trinajstić information content (AvgIpc) is 3.30. The van der Waals surface area contributed by atoms with Gasteiger partial charge in [0.25, 0.3) is 0 Å². The number of para-hydroxylation sites is 1. The molecule has 0 spiro atoms. The van der Waals surface area contributed by atoms with E-state index in [9.17, 15) is 9.59 Å². The first-order chi connectivity index (χ1) is 18.1. The molecule has 188 valence electrons. The second kappa shape index (κ2) is 9.32. The second-order valence-electron chi connectivity index (χ2n) is 9.51. The molecule has 7 heteroatoms. The maximum Gasteiger partial charge on any atom is 0.246 e. The van der Waals surface area contributed by atoms with Gasteiger partial charge >= 0.3 is 0 Å². The first-order valence-corrected chi connectivity index (χ1v) is 12.6. The summed E-state index contributed by atoms with van der Waals surface area (Å²) in [6.45, 7) is 2.90. The van der Waals surface area contributed by atoms with Crippen molar-refractivity contribution in [1.82, 2.24) is 14.8 Å². The zero-order chi connectivity index (χ0) is 25.5. The zero-order valence-corrected chi connectivity index (χ0v) is 20.9. The Bertz CT molecular complexity index is 1480. The molecule has 1 saturated heterocycles. The summed E-state index contributed by atoms with van der Waals surface area (Å²) in [5.41, 5.74) is 4.90. The molecule has 1 fully saturated rings. The Morgan fingerprint density at radius 3 is 2.54 bits per heavy atom. The SMILES string of the molecule is CCOc1ccc([C@@H]2c3[nH]c4ccccc4c3C[C@H]3C(=O)N(Cc4ccccc4)CC(=O)N23)cc1OC. The number of benzene rings is 3. The standard InChI is InChI=1S/C30H29N3O4/c1-3-37-25-14-13-20(15-26(25)36-2)29-28-22(21-11-7-8-12-23(21)31-28)16-24-30(35)32(18-27(34)33(24)29)17-19-9-5-4-6-10-19/h4-15,24,29,31H,3,16-18H2,1-2H3/t24-,29+/m0/s1. The van der Waals surface area contributed by atoms with Crippen LogP contribution in [0.3, 0.4) is 0 Å². The van der Waals surface area contributed by atoms with Crippen LogP contribution < -0.4 is 9.47 Å². The maximum atomic E-state index is 13.9. The lowest BCUT2D eigenvalue weighted by atomic mass is 9.86. The fourth-order valence-corrected chi connectivity index (χ4v) is 5.74. The van der Waals surface area contributed by atoms with Crippen molar-refractivity contribution < 1.29 is 19.1 Å². The number of hydrogen-bond acceptors (Lipinski definition) is 4.